The van der Waals surface area contributed by atoms with Gasteiger partial charge in [-0.15, -0.1) is 5.10 Å². The van der Waals surface area contributed by atoms with Crippen LogP contribution in [-0.4, -0.2) is 47.1 Å². The maximum atomic E-state index is 11.0. The molecule has 2 heterocycles. The number of carboxylic acid groups (broad SMARTS) is 2. The average molecular weight is 288 g/mol. The van der Waals surface area contributed by atoms with E-state index in [2.05, 4.69) is 10.3 Å². The van der Waals surface area contributed by atoms with Crippen LogP contribution >= 0.6 is 0 Å². The topological polar surface area (TPSA) is 130 Å². The predicted molar refractivity (Wildman–Crippen MR) is 68.0 cm³/mol. The van der Waals surface area contributed by atoms with Crippen molar-refractivity contribution in [2.75, 3.05) is 0 Å². The van der Waals surface area contributed by atoms with E-state index in [1.807, 2.05) is 0 Å². The molecular formula is C12H8N4O5. The van der Waals surface area contributed by atoms with E-state index in [4.69, 9.17) is 10.2 Å². The molecule has 3 rings (SSSR count). The summed E-state index contributed by atoms with van der Waals surface area (Å²) in [7, 11) is 0. The summed E-state index contributed by atoms with van der Waals surface area (Å²) < 4.78 is 1.77. The molecule has 9 heteroatoms. The zero-order valence-corrected chi connectivity index (χ0v) is 10.3. The molecule has 9 nitrogen and oxygen atoms in total. The van der Waals surface area contributed by atoms with Gasteiger partial charge in [-0.3, -0.25) is 0 Å². The summed E-state index contributed by atoms with van der Waals surface area (Å²) in [5, 5.41) is 35.2. The number of carbonyl (C=O) groups is 2. The predicted octanol–water partition coefficient (Wildman–Crippen LogP) is 0.856. The second-order valence-corrected chi connectivity index (χ2v) is 4.24. The Morgan fingerprint density at radius 1 is 1.10 bits per heavy atom. The van der Waals surface area contributed by atoms with Crippen molar-refractivity contribution in [3.05, 3.63) is 41.9 Å². The first-order valence-corrected chi connectivity index (χ1v) is 5.71. The van der Waals surface area contributed by atoms with Gasteiger partial charge < -0.3 is 15.4 Å². The molecule has 3 aromatic rings. The number of nitrogens with zero attached hydrogens (tertiary/aromatic N) is 4. The van der Waals surface area contributed by atoms with Crippen LogP contribution in [0.3, 0.4) is 0 Å². The molecule has 1 aromatic carbocycles. The Morgan fingerprint density at radius 2 is 1.86 bits per heavy atom. The van der Waals surface area contributed by atoms with Crippen LogP contribution in [0.5, 0.6) is 0 Å². The third-order valence-corrected chi connectivity index (χ3v) is 2.96. The highest BCUT2D eigenvalue weighted by molar-refractivity contribution is 5.94. The Balaban J connectivity index is 2.13. The maximum absolute atomic E-state index is 11.0. The van der Waals surface area contributed by atoms with E-state index >= 15 is 0 Å². The molecule has 0 aliphatic rings. The molecule has 0 atom stereocenters. The van der Waals surface area contributed by atoms with Gasteiger partial charge in [-0.2, -0.15) is 4.73 Å². The molecule has 2 aromatic heterocycles. The first-order valence-electron chi connectivity index (χ1n) is 5.71. The van der Waals surface area contributed by atoms with E-state index in [0.29, 0.717) is 15.8 Å². The molecule has 0 radical (unpaired) electrons. The van der Waals surface area contributed by atoms with Crippen LogP contribution < -0.4 is 0 Å². The minimum Gasteiger partial charge on any atom is -0.476 e. The SMILES string of the molecule is O=C(O)c1cn(-c2ccc3cc(C(=O)O)n(O)c3c2)nn1. The summed E-state index contributed by atoms with van der Waals surface area (Å²) in [5.74, 6) is -2.47. The quantitative estimate of drug-likeness (QED) is 0.609. The lowest BCUT2D eigenvalue weighted by molar-refractivity contribution is 0.0646. The molecule has 0 saturated carbocycles. The lowest BCUT2D eigenvalue weighted by Crippen LogP contribution is -2.04. The smallest absolute Gasteiger partial charge is 0.358 e. The second kappa shape index (κ2) is 4.34. The van der Waals surface area contributed by atoms with Crippen molar-refractivity contribution in [1.82, 2.24) is 19.7 Å². The summed E-state index contributed by atoms with van der Waals surface area (Å²) in [6.07, 6.45) is 1.21. The van der Waals surface area contributed by atoms with Crippen molar-refractivity contribution in [1.29, 1.82) is 0 Å². The fourth-order valence-electron chi connectivity index (χ4n) is 1.96. The van der Waals surface area contributed by atoms with Gasteiger partial charge in [0.2, 0.25) is 0 Å². The molecule has 106 valence electrons. The van der Waals surface area contributed by atoms with Crippen molar-refractivity contribution < 1.29 is 25.0 Å². The fraction of sp³-hybridized carbons (Fsp3) is 0. The number of fused-ring (bicyclic) bond motifs is 1. The summed E-state index contributed by atoms with van der Waals surface area (Å²) in [6.45, 7) is 0. The van der Waals surface area contributed by atoms with E-state index in [1.165, 1.54) is 23.0 Å². The van der Waals surface area contributed by atoms with Crippen LogP contribution in [0.15, 0.2) is 30.5 Å². The van der Waals surface area contributed by atoms with Gasteiger partial charge in [0.15, 0.2) is 11.4 Å². The summed E-state index contributed by atoms with van der Waals surface area (Å²) in [4.78, 5) is 21.7. The van der Waals surface area contributed by atoms with Crippen LogP contribution in [0.4, 0.5) is 0 Å². The molecular weight excluding hydrogens is 280 g/mol. The van der Waals surface area contributed by atoms with Gasteiger partial charge in [0.05, 0.1) is 17.4 Å². The van der Waals surface area contributed by atoms with Crippen molar-refractivity contribution in [2.45, 2.75) is 0 Å². The zero-order chi connectivity index (χ0) is 15.1. The number of hydrogen-bond acceptors (Lipinski definition) is 5. The lowest BCUT2D eigenvalue weighted by atomic mass is 10.2. The highest BCUT2D eigenvalue weighted by atomic mass is 16.5. The van der Waals surface area contributed by atoms with E-state index < -0.39 is 11.9 Å². The Kier molecular flexibility index (Phi) is 2.61. The monoisotopic (exact) mass is 288 g/mol. The molecule has 0 fully saturated rings. The van der Waals surface area contributed by atoms with E-state index in [0.717, 1.165) is 0 Å². The second-order valence-electron chi connectivity index (χ2n) is 4.24. The number of hydrogen-bond donors (Lipinski definition) is 3. The van der Waals surface area contributed by atoms with Gasteiger partial charge in [0.1, 0.15) is 0 Å². The van der Waals surface area contributed by atoms with Crippen molar-refractivity contribution in [3.8, 4) is 5.69 Å². The Bertz CT molecular complexity index is 879. The third-order valence-electron chi connectivity index (χ3n) is 2.96. The Morgan fingerprint density at radius 3 is 2.48 bits per heavy atom. The van der Waals surface area contributed by atoms with Gasteiger partial charge in [0.25, 0.3) is 0 Å². The number of carboxylic acids is 2. The molecule has 0 spiro atoms. The summed E-state index contributed by atoms with van der Waals surface area (Å²) >= 11 is 0. The van der Waals surface area contributed by atoms with Gasteiger partial charge in [-0.1, -0.05) is 11.3 Å². The number of benzene rings is 1. The molecule has 0 amide bonds. The van der Waals surface area contributed by atoms with Gasteiger partial charge in [-0.05, 0) is 18.2 Å². The Hall–Kier alpha value is -3.36. The molecule has 0 aliphatic carbocycles. The number of rotatable bonds is 3. The summed E-state index contributed by atoms with van der Waals surface area (Å²) in [5.41, 5.74) is 0.206. The lowest BCUT2D eigenvalue weighted by Gasteiger charge is -2.01. The van der Waals surface area contributed by atoms with Crippen molar-refractivity contribution >= 4 is 22.8 Å². The van der Waals surface area contributed by atoms with E-state index in [1.54, 1.807) is 12.1 Å². The molecule has 3 N–H and O–H groups in total. The van der Waals surface area contributed by atoms with Crippen LogP contribution in [0.25, 0.3) is 16.6 Å². The van der Waals surface area contributed by atoms with Crippen LogP contribution in [-0.2, 0) is 0 Å². The zero-order valence-electron chi connectivity index (χ0n) is 10.3. The first-order chi connectivity index (χ1) is 9.97. The van der Waals surface area contributed by atoms with E-state index in [-0.39, 0.29) is 16.9 Å². The molecule has 0 saturated heterocycles. The van der Waals surface area contributed by atoms with Crippen LogP contribution in [0.2, 0.25) is 0 Å². The van der Waals surface area contributed by atoms with Gasteiger partial charge in [-0.25, -0.2) is 14.3 Å². The maximum Gasteiger partial charge on any atom is 0.358 e. The third kappa shape index (κ3) is 1.96. The van der Waals surface area contributed by atoms with Crippen molar-refractivity contribution in [3.63, 3.8) is 0 Å². The highest BCUT2D eigenvalue weighted by Gasteiger charge is 2.15. The van der Waals surface area contributed by atoms with Crippen molar-refractivity contribution in [2.24, 2.45) is 0 Å². The first kappa shape index (κ1) is 12.7. The minimum atomic E-state index is -1.26. The molecule has 0 unspecified atom stereocenters. The Labute approximate surface area is 116 Å². The molecule has 21 heavy (non-hydrogen) atoms. The van der Waals surface area contributed by atoms with E-state index in [9.17, 15) is 14.8 Å². The van der Waals surface area contributed by atoms with Crippen LogP contribution in [0.1, 0.15) is 21.0 Å². The standard InChI is InChI=1S/C12H8N4O5/c17-11(18)8-5-15(14-13-8)7-2-1-6-3-10(12(19)20)16(21)9(6)4-7/h1-5,21H,(H,17,18)(H,19,20). The van der Waals surface area contributed by atoms with Gasteiger partial charge >= 0.3 is 11.9 Å². The average Bonchev–Trinajstić information content (AvgIpc) is 3.04. The molecule has 0 aliphatic heterocycles. The molecule has 0 bridgehead atoms. The summed E-state index contributed by atoms with van der Waals surface area (Å²) in [6, 6.07) is 5.99. The number of aromatic nitrogens is 4. The number of aromatic carboxylic acids is 2. The van der Waals surface area contributed by atoms with Crippen LogP contribution in [0, 0.1) is 0 Å². The highest BCUT2D eigenvalue weighted by Crippen LogP contribution is 2.21. The fourth-order valence-corrected chi connectivity index (χ4v) is 1.96. The normalized spacial score (nSPS) is 10.9. The minimum absolute atomic E-state index is 0.222. The largest absolute Gasteiger partial charge is 0.476 e. The van der Waals surface area contributed by atoms with Gasteiger partial charge in [0, 0.05) is 5.39 Å².